The van der Waals surface area contributed by atoms with Crippen LogP contribution < -0.4 is 62.0 Å². The predicted molar refractivity (Wildman–Crippen MR) is 46.5 cm³/mol. The Hall–Kier alpha value is 0.551. The number of rotatable bonds is 2. The fourth-order valence-electron chi connectivity index (χ4n) is 0.942. The Labute approximate surface area is 132 Å². The van der Waals surface area contributed by atoms with Gasteiger partial charge in [0.15, 0.2) is 0 Å². The van der Waals surface area contributed by atoms with E-state index in [-0.39, 0.29) is 57.5 Å². The minimum absolute atomic E-state index is 0. The van der Waals surface area contributed by atoms with E-state index in [1.165, 1.54) is 0 Å². The van der Waals surface area contributed by atoms with Crippen molar-refractivity contribution in [1.29, 1.82) is 0 Å². The maximum atomic E-state index is 12.8. The van der Waals surface area contributed by atoms with Gasteiger partial charge in [-0.1, -0.05) is 12.1 Å². The zero-order chi connectivity index (χ0) is 11.9. The second kappa shape index (κ2) is 5.46. The molecule has 0 aliphatic rings. The molecule has 0 saturated heterocycles. The third kappa shape index (κ3) is 4.09. The summed E-state index contributed by atoms with van der Waals surface area (Å²) in [4.78, 5) is -1.15. The zero-order valence-corrected chi connectivity index (χ0v) is 12.1. The average Bonchev–Trinajstić information content (AvgIpc) is 2.00. The van der Waals surface area contributed by atoms with E-state index in [0.29, 0.717) is 12.1 Å². The quantitative estimate of drug-likeness (QED) is 0.482. The number of primary sulfonamides is 1. The molecular weight excluding hydrogens is 276 g/mol. The van der Waals surface area contributed by atoms with Crippen LogP contribution in [0.5, 0.6) is 0 Å². The summed E-state index contributed by atoms with van der Waals surface area (Å²) in [7, 11) is -4.48. The Morgan fingerprint density at radius 1 is 1.19 bits per heavy atom. The van der Waals surface area contributed by atoms with Crippen molar-refractivity contribution in [3.8, 4) is 0 Å². The first-order valence-corrected chi connectivity index (χ1v) is 5.19. The van der Waals surface area contributed by atoms with Crippen LogP contribution in [0.3, 0.4) is 0 Å². The van der Waals surface area contributed by atoms with Crippen LogP contribution >= 0.6 is 0 Å². The van der Waals surface area contributed by atoms with Gasteiger partial charge in [-0.15, -0.1) is 5.46 Å². The van der Waals surface area contributed by atoms with Crippen molar-refractivity contribution >= 4 is 22.5 Å². The number of nitrogens with two attached hydrogens (primary N) is 1. The van der Waals surface area contributed by atoms with Gasteiger partial charge < -0.3 is 12.9 Å². The SMILES string of the molecule is NS(=O)(=O)c1cc([B-](F)(F)F)ccc1F.[K+]. The monoisotopic (exact) mass is 281 g/mol. The second-order valence-corrected chi connectivity index (χ2v) is 4.34. The molecule has 0 unspecified atom stereocenters. The molecule has 3 nitrogen and oxygen atoms in total. The van der Waals surface area contributed by atoms with E-state index in [2.05, 4.69) is 5.14 Å². The van der Waals surface area contributed by atoms with Crippen LogP contribution in [0, 0.1) is 5.82 Å². The summed E-state index contributed by atoms with van der Waals surface area (Å²) in [6.45, 7) is -5.38. The minimum atomic E-state index is -5.38. The Morgan fingerprint density at radius 2 is 1.69 bits per heavy atom. The van der Waals surface area contributed by atoms with E-state index in [0.717, 1.165) is 0 Å². The van der Waals surface area contributed by atoms with E-state index in [9.17, 15) is 25.8 Å². The first-order chi connectivity index (χ1) is 6.62. The molecule has 0 spiro atoms. The molecule has 0 radical (unpaired) electrons. The number of hydrogen-bond acceptors (Lipinski definition) is 2. The largest absolute Gasteiger partial charge is 1.00 e. The van der Waals surface area contributed by atoms with Crippen LogP contribution in [0.1, 0.15) is 0 Å². The van der Waals surface area contributed by atoms with Crippen molar-refractivity contribution < 1.29 is 77.1 Å². The molecule has 0 atom stereocenters. The van der Waals surface area contributed by atoms with Crippen LogP contribution in [0.15, 0.2) is 23.1 Å². The van der Waals surface area contributed by atoms with Crippen LogP contribution in [0.25, 0.3) is 0 Å². The molecule has 0 aromatic heterocycles. The van der Waals surface area contributed by atoms with Gasteiger partial charge in [0.2, 0.25) is 10.0 Å². The first-order valence-electron chi connectivity index (χ1n) is 3.64. The van der Waals surface area contributed by atoms with Gasteiger partial charge in [0, 0.05) is 0 Å². The van der Waals surface area contributed by atoms with E-state index in [4.69, 9.17) is 0 Å². The number of hydrogen-bond donors (Lipinski definition) is 1. The van der Waals surface area contributed by atoms with Crippen LogP contribution in [-0.2, 0) is 10.0 Å². The maximum Gasteiger partial charge on any atom is 1.00 e. The third-order valence-electron chi connectivity index (χ3n) is 1.64. The zero-order valence-electron chi connectivity index (χ0n) is 8.12. The van der Waals surface area contributed by atoms with E-state index in [1.807, 2.05) is 0 Å². The van der Waals surface area contributed by atoms with Gasteiger partial charge in [0.05, 0.1) is 0 Å². The van der Waals surface area contributed by atoms with Crippen LogP contribution in [0.2, 0.25) is 0 Å². The Kier molecular flexibility index (Phi) is 5.65. The molecule has 0 aliphatic heterocycles. The molecule has 0 saturated carbocycles. The second-order valence-electron chi connectivity index (χ2n) is 2.81. The van der Waals surface area contributed by atoms with Crippen molar-refractivity contribution in [2.45, 2.75) is 4.90 Å². The molecule has 84 valence electrons. The van der Waals surface area contributed by atoms with Gasteiger partial charge in [0.25, 0.3) is 0 Å². The van der Waals surface area contributed by atoms with Crippen molar-refractivity contribution in [2.75, 3.05) is 0 Å². The molecule has 16 heavy (non-hydrogen) atoms. The summed E-state index contributed by atoms with van der Waals surface area (Å²) in [6.07, 6.45) is 0. The number of benzene rings is 1. The van der Waals surface area contributed by atoms with Crippen molar-refractivity contribution in [1.82, 2.24) is 0 Å². The van der Waals surface area contributed by atoms with E-state index >= 15 is 0 Å². The molecule has 0 bridgehead atoms. The molecule has 0 fully saturated rings. The fraction of sp³-hybridized carbons (Fsp3) is 0. The van der Waals surface area contributed by atoms with Crippen molar-refractivity contribution in [2.24, 2.45) is 5.14 Å². The Bertz CT molecular complexity index is 490. The number of halogens is 4. The average molecular weight is 281 g/mol. The van der Waals surface area contributed by atoms with Gasteiger partial charge in [-0.25, -0.2) is 17.9 Å². The fourth-order valence-corrected chi connectivity index (χ4v) is 1.58. The first kappa shape index (κ1) is 16.6. The summed E-state index contributed by atoms with van der Waals surface area (Å²) in [5.74, 6) is -1.30. The summed E-state index contributed by atoms with van der Waals surface area (Å²) >= 11 is 0. The van der Waals surface area contributed by atoms with Crippen molar-refractivity contribution in [3.05, 3.63) is 24.0 Å². The Morgan fingerprint density at radius 3 is 2.06 bits per heavy atom. The molecular formula is C6H5BF4KNO2S. The molecule has 0 aliphatic carbocycles. The Balaban J connectivity index is 0.00000225. The summed E-state index contributed by atoms with van der Waals surface area (Å²) in [5.41, 5.74) is -1.21. The van der Waals surface area contributed by atoms with E-state index in [1.54, 1.807) is 0 Å². The summed E-state index contributed by atoms with van der Waals surface area (Å²) in [6, 6.07) is 1.07. The molecule has 0 amide bonds. The third-order valence-corrected chi connectivity index (χ3v) is 2.57. The standard InChI is InChI=1S/C6H5BF4NO2S.K/c8-5-2-1-4(7(9,10)11)3-6(5)15(12,13)14;/h1-3H,(H2,12,13,14);/q-1;+1. The molecule has 2 N–H and O–H groups in total. The van der Waals surface area contributed by atoms with Crippen molar-refractivity contribution in [3.63, 3.8) is 0 Å². The van der Waals surface area contributed by atoms with Crippen LogP contribution in [0.4, 0.5) is 17.3 Å². The minimum Gasteiger partial charge on any atom is -0.445 e. The van der Waals surface area contributed by atoms with Gasteiger partial charge >= 0.3 is 58.4 Å². The molecule has 0 heterocycles. The maximum absolute atomic E-state index is 12.8. The molecule has 10 heteroatoms. The molecule has 1 aromatic rings. The van der Waals surface area contributed by atoms with Gasteiger partial charge in [0.1, 0.15) is 10.7 Å². The molecule has 1 aromatic carbocycles. The van der Waals surface area contributed by atoms with Gasteiger partial charge in [-0.3, -0.25) is 0 Å². The van der Waals surface area contributed by atoms with E-state index < -0.39 is 33.2 Å². The predicted octanol–water partition coefficient (Wildman–Crippen LogP) is -2.47. The number of sulfonamides is 1. The normalized spacial score (nSPS) is 12.1. The summed E-state index contributed by atoms with van der Waals surface area (Å²) < 4.78 is 70.8. The van der Waals surface area contributed by atoms with Crippen LogP contribution in [-0.4, -0.2) is 15.4 Å². The summed E-state index contributed by atoms with van der Waals surface area (Å²) in [5, 5.41) is 4.54. The van der Waals surface area contributed by atoms with Gasteiger partial charge in [-0.2, -0.15) is 0 Å². The molecule has 1 rings (SSSR count). The topological polar surface area (TPSA) is 60.2 Å². The smallest absolute Gasteiger partial charge is 0.445 e. The van der Waals surface area contributed by atoms with Gasteiger partial charge in [-0.05, 0) is 6.07 Å².